The first-order valence-corrected chi connectivity index (χ1v) is 7.80. The van der Waals surface area contributed by atoms with Gasteiger partial charge in [-0.05, 0) is 6.07 Å². The third kappa shape index (κ3) is 6.45. The monoisotopic (exact) mass is 336 g/mol. The molecule has 24 heavy (non-hydrogen) atoms. The van der Waals surface area contributed by atoms with Gasteiger partial charge in [-0.2, -0.15) is 0 Å². The topological polar surface area (TPSA) is 66.4 Å². The van der Waals surface area contributed by atoms with Gasteiger partial charge in [-0.25, -0.2) is 4.99 Å². The van der Waals surface area contributed by atoms with Gasteiger partial charge in [-0.1, -0.05) is 18.2 Å². The molecule has 0 bridgehead atoms. The fourth-order valence-corrected chi connectivity index (χ4v) is 2.02. The zero-order valence-corrected chi connectivity index (χ0v) is 15.2. The molecule has 0 saturated heterocycles. The fraction of sp³-hybridized carbons (Fsp3) is 0.529. The van der Waals surface area contributed by atoms with E-state index in [1.54, 1.807) is 28.3 Å². The second-order valence-electron chi connectivity index (χ2n) is 5.52. The van der Waals surface area contributed by atoms with Gasteiger partial charge in [0.15, 0.2) is 5.96 Å². The van der Waals surface area contributed by atoms with Gasteiger partial charge in [0.2, 0.25) is 5.91 Å². The summed E-state index contributed by atoms with van der Waals surface area (Å²) < 4.78 is 10.4. The highest BCUT2D eigenvalue weighted by Gasteiger charge is 2.11. The lowest BCUT2D eigenvalue weighted by Gasteiger charge is -2.23. The van der Waals surface area contributed by atoms with E-state index in [9.17, 15) is 4.79 Å². The van der Waals surface area contributed by atoms with Crippen LogP contribution in [0.2, 0.25) is 0 Å². The standard InChI is InChI=1S/C17H28N4O3/c1-20(2)16(22)12-19-17(18-10-11-23-4)21(3)13-14-8-6-7-9-15(14)24-5/h6-9H,10-13H2,1-5H3,(H,18,19). The number of nitrogens with one attached hydrogen (secondary N) is 1. The number of aliphatic imine (C=N–C) groups is 1. The number of para-hydroxylation sites is 1. The van der Waals surface area contributed by atoms with Crippen LogP contribution in [0.3, 0.4) is 0 Å². The number of hydrogen-bond donors (Lipinski definition) is 1. The molecule has 0 fully saturated rings. The predicted molar refractivity (Wildman–Crippen MR) is 95.3 cm³/mol. The Labute approximate surface area is 144 Å². The molecule has 0 unspecified atom stereocenters. The lowest BCUT2D eigenvalue weighted by atomic mass is 10.2. The molecule has 7 nitrogen and oxygen atoms in total. The quantitative estimate of drug-likeness (QED) is 0.432. The first kappa shape index (κ1) is 19.8. The first-order valence-electron chi connectivity index (χ1n) is 7.80. The van der Waals surface area contributed by atoms with E-state index in [1.807, 2.05) is 36.2 Å². The van der Waals surface area contributed by atoms with Crippen molar-refractivity contribution < 1.29 is 14.3 Å². The molecule has 1 N–H and O–H groups in total. The van der Waals surface area contributed by atoms with Gasteiger partial charge in [-0.3, -0.25) is 4.79 Å². The normalized spacial score (nSPS) is 11.1. The molecule has 0 aliphatic rings. The van der Waals surface area contributed by atoms with Crippen LogP contribution >= 0.6 is 0 Å². The van der Waals surface area contributed by atoms with Crippen molar-refractivity contribution in [1.82, 2.24) is 15.1 Å². The minimum Gasteiger partial charge on any atom is -0.496 e. The van der Waals surface area contributed by atoms with Crippen LogP contribution in [0.5, 0.6) is 5.75 Å². The van der Waals surface area contributed by atoms with Crippen molar-refractivity contribution in [2.75, 3.05) is 55.1 Å². The van der Waals surface area contributed by atoms with E-state index in [0.29, 0.717) is 25.7 Å². The number of methoxy groups -OCH3 is 2. The summed E-state index contributed by atoms with van der Waals surface area (Å²) in [6.45, 7) is 1.88. The molecule has 1 rings (SSSR count). The molecule has 1 aromatic rings. The highest BCUT2D eigenvalue weighted by molar-refractivity contribution is 5.84. The van der Waals surface area contributed by atoms with Crippen molar-refractivity contribution in [3.8, 4) is 5.75 Å². The summed E-state index contributed by atoms with van der Waals surface area (Å²) in [5.41, 5.74) is 1.04. The van der Waals surface area contributed by atoms with Crippen LogP contribution in [0, 0.1) is 0 Å². The van der Waals surface area contributed by atoms with Crippen molar-refractivity contribution in [1.29, 1.82) is 0 Å². The van der Waals surface area contributed by atoms with Crippen molar-refractivity contribution in [2.45, 2.75) is 6.54 Å². The lowest BCUT2D eigenvalue weighted by Crippen LogP contribution is -2.41. The highest BCUT2D eigenvalue weighted by Crippen LogP contribution is 2.18. The number of likely N-dealkylation sites (N-methyl/N-ethyl adjacent to an activating group) is 1. The number of carbonyl (C=O) groups is 1. The average Bonchev–Trinajstić information content (AvgIpc) is 2.57. The number of guanidine groups is 1. The van der Waals surface area contributed by atoms with E-state index >= 15 is 0 Å². The van der Waals surface area contributed by atoms with Gasteiger partial charge in [0.1, 0.15) is 12.3 Å². The lowest BCUT2D eigenvalue weighted by molar-refractivity contribution is -0.127. The van der Waals surface area contributed by atoms with Gasteiger partial charge >= 0.3 is 0 Å². The Kier molecular flexibility index (Phi) is 8.64. The SMILES string of the molecule is COCCNC(=NCC(=O)N(C)C)N(C)Cc1ccccc1OC. The maximum Gasteiger partial charge on any atom is 0.243 e. The van der Waals surface area contributed by atoms with E-state index in [4.69, 9.17) is 9.47 Å². The summed E-state index contributed by atoms with van der Waals surface area (Å²) in [5.74, 6) is 1.42. The van der Waals surface area contributed by atoms with E-state index in [2.05, 4.69) is 10.3 Å². The maximum atomic E-state index is 11.8. The average molecular weight is 336 g/mol. The molecule has 0 spiro atoms. The van der Waals surface area contributed by atoms with Gasteiger partial charge < -0.3 is 24.6 Å². The molecule has 7 heteroatoms. The number of rotatable bonds is 8. The molecule has 0 radical (unpaired) electrons. The number of nitrogens with zero attached hydrogens (tertiary/aromatic N) is 3. The van der Waals surface area contributed by atoms with Crippen LogP contribution in [-0.4, -0.2) is 76.7 Å². The summed E-state index contributed by atoms with van der Waals surface area (Å²) in [5, 5.41) is 3.21. The largest absolute Gasteiger partial charge is 0.496 e. The predicted octanol–water partition coefficient (Wildman–Crippen LogP) is 0.807. The van der Waals surface area contributed by atoms with Crippen LogP contribution < -0.4 is 10.1 Å². The molecule has 0 aliphatic carbocycles. The Hall–Kier alpha value is -2.28. The molecule has 134 valence electrons. The highest BCUT2D eigenvalue weighted by atomic mass is 16.5. The van der Waals surface area contributed by atoms with Crippen molar-refractivity contribution in [3.63, 3.8) is 0 Å². The molecule has 1 amide bonds. The summed E-state index contributed by atoms with van der Waals surface area (Å²) in [7, 11) is 8.65. The van der Waals surface area contributed by atoms with Gasteiger partial charge in [0.25, 0.3) is 0 Å². The Morgan fingerprint density at radius 1 is 1.21 bits per heavy atom. The van der Waals surface area contributed by atoms with E-state index in [-0.39, 0.29) is 12.5 Å². The molecule has 0 aromatic heterocycles. The number of ether oxygens (including phenoxy) is 2. The molecule has 0 heterocycles. The Bertz CT molecular complexity index is 546. The number of hydrogen-bond acceptors (Lipinski definition) is 4. The number of amides is 1. The smallest absolute Gasteiger partial charge is 0.243 e. The molecule has 0 saturated carbocycles. The second-order valence-corrected chi connectivity index (χ2v) is 5.52. The summed E-state index contributed by atoms with van der Waals surface area (Å²) >= 11 is 0. The minimum absolute atomic E-state index is 0.0493. The van der Waals surface area contributed by atoms with Crippen LogP contribution in [0.4, 0.5) is 0 Å². The molecular formula is C17H28N4O3. The Morgan fingerprint density at radius 3 is 2.54 bits per heavy atom. The van der Waals surface area contributed by atoms with Crippen LogP contribution in [0.15, 0.2) is 29.3 Å². The third-order valence-electron chi connectivity index (χ3n) is 3.41. The number of benzene rings is 1. The van der Waals surface area contributed by atoms with Crippen molar-refractivity contribution >= 4 is 11.9 Å². The van der Waals surface area contributed by atoms with E-state index in [1.165, 1.54) is 4.90 Å². The van der Waals surface area contributed by atoms with E-state index in [0.717, 1.165) is 11.3 Å². The van der Waals surface area contributed by atoms with Crippen molar-refractivity contribution in [2.24, 2.45) is 4.99 Å². The zero-order chi connectivity index (χ0) is 17.9. The van der Waals surface area contributed by atoms with Gasteiger partial charge in [0, 0.05) is 46.9 Å². The molecular weight excluding hydrogens is 308 g/mol. The van der Waals surface area contributed by atoms with Crippen LogP contribution in [-0.2, 0) is 16.1 Å². The van der Waals surface area contributed by atoms with Gasteiger partial charge in [-0.15, -0.1) is 0 Å². The second kappa shape index (κ2) is 10.5. The summed E-state index contributed by atoms with van der Waals surface area (Å²) in [4.78, 5) is 19.7. The Balaban J connectivity index is 2.83. The third-order valence-corrected chi connectivity index (χ3v) is 3.41. The molecule has 0 atom stereocenters. The van der Waals surface area contributed by atoms with E-state index < -0.39 is 0 Å². The molecule has 0 aliphatic heterocycles. The number of carbonyl (C=O) groups excluding carboxylic acids is 1. The summed E-state index contributed by atoms with van der Waals surface area (Å²) in [6, 6.07) is 7.83. The van der Waals surface area contributed by atoms with Crippen LogP contribution in [0.1, 0.15) is 5.56 Å². The molecule has 1 aromatic carbocycles. The minimum atomic E-state index is -0.0493. The van der Waals surface area contributed by atoms with Crippen LogP contribution in [0.25, 0.3) is 0 Å². The zero-order valence-electron chi connectivity index (χ0n) is 15.2. The Morgan fingerprint density at radius 2 is 1.92 bits per heavy atom. The fourth-order valence-electron chi connectivity index (χ4n) is 2.02. The maximum absolute atomic E-state index is 11.8. The van der Waals surface area contributed by atoms with Gasteiger partial charge in [0.05, 0.1) is 13.7 Å². The first-order chi connectivity index (χ1) is 11.5. The summed E-state index contributed by atoms with van der Waals surface area (Å²) in [6.07, 6.45) is 0. The van der Waals surface area contributed by atoms with Crippen molar-refractivity contribution in [3.05, 3.63) is 29.8 Å².